The van der Waals surface area contributed by atoms with Crippen LogP contribution in [-0.2, 0) is 28.6 Å². The van der Waals surface area contributed by atoms with E-state index in [4.69, 9.17) is 0 Å². The number of rotatable bonds is 7. The van der Waals surface area contributed by atoms with Gasteiger partial charge < -0.3 is 14.2 Å². The van der Waals surface area contributed by atoms with Crippen LogP contribution in [0.3, 0.4) is 0 Å². The van der Waals surface area contributed by atoms with Crippen LogP contribution in [-0.4, -0.2) is 43.9 Å². The van der Waals surface area contributed by atoms with Gasteiger partial charge in [0.25, 0.3) is 0 Å². The topological polar surface area (TPSA) is 78.9 Å². The molecule has 1 atom stereocenters. The van der Waals surface area contributed by atoms with Crippen molar-refractivity contribution in [1.29, 1.82) is 0 Å². The van der Waals surface area contributed by atoms with Crippen LogP contribution < -0.4 is 0 Å². The predicted molar refractivity (Wildman–Crippen MR) is 62.9 cm³/mol. The summed E-state index contributed by atoms with van der Waals surface area (Å²) < 4.78 is 27.3. The van der Waals surface area contributed by atoms with Gasteiger partial charge in [-0.2, -0.15) is 0 Å². The first-order valence-corrected chi connectivity index (χ1v) is 5.84. The van der Waals surface area contributed by atoms with Crippen LogP contribution >= 0.6 is 0 Å². The Morgan fingerprint density at radius 1 is 1.00 bits per heavy atom. The van der Waals surface area contributed by atoms with Gasteiger partial charge in [-0.25, -0.2) is 18.8 Å². The molecule has 0 aromatic rings. The number of hydrogen-bond donors (Lipinski definition) is 0. The number of hydrogen-bond acceptors (Lipinski definition) is 6. The van der Waals surface area contributed by atoms with E-state index in [1.165, 1.54) is 13.8 Å². The lowest BCUT2D eigenvalue weighted by atomic mass is 10.1. The van der Waals surface area contributed by atoms with Gasteiger partial charge in [-0.3, -0.25) is 0 Å². The van der Waals surface area contributed by atoms with Crippen LogP contribution in [0.4, 0.5) is 4.39 Å². The van der Waals surface area contributed by atoms with E-state index in [0.717, 1.165) is 0 Å². The molecule has 0 spiro atoms. The van der Waals surface area contributed by atoms with Crippen molar-refractivity contribution in [3.8, 4) is 0 Å². The molecule has 19 heavy (non-hydrogen) atoms. The average Bonchev–Trinajstić information content (AvgIpc) is 2.36. The summed E-state index contributed by atoms with van der Waals surface area (Å²) in [7, 11) is 0. The van der Waals surface area contributed by atoms with E-state index in [1.807, 2.05) is 0 Å². The quantitative estimate of drug-likeness (QED) is 0.391. The van der Waals surface area contributed by atoms with Crippen molar-refractivity contribution in [3.63, 3.8) is 0 Å². The Morgan fingerprint density at radius 2 is 1.53 bits per heavy atom. The number of alkyl halides is 1. The van der Waals surface area contributed by atoms with Gasteiger partial charge in [0.15, 0.2) is 0 Å². The molecule has 0 radical (unpaired) electrons. The van der Waals surface area contributed by atoms with E-state index < -0.39 is 29.7 Å². The van der Waals surface area contributed by atoms with Gasteiger partial charge in [-0.05, 0) is 20.8 Å². The largest absolute Gasteiger partial charge is 0.464 e. The number of halogens is 1. The molecule has 0 N–H and O–H groups in total. The van der Waals surface area contributed by atoms with E-state index >= 15 is 0 Å². The Bertz CT molecular complexity index is 363. The van der Waals surface area contributed by atoms with Gasteiger partial charge in [0.2, 0.25) is 6.17 Å². The van der Waals surface area contributed by atoms with Crippen molar-refractivity contribution in [3.05, 3.63) is 11.6 Å². The first-order valence-electron chi connectivity index (χ1n) is 5.84. The molecule has 6 nitrogen and oxygen atoms in total. The zero-order valence-corrected chi connectivity index (χ0v) is 11.1. The molecule has 108 valence electrons. The second-order valence-electron chi connectivity index (χ2n) is 3.19. The Balaban J connectivity index is 5.10. The van der Waals surface area contributed by atoms with Crippen molar-refractivity contribution < 1.29 is 33.0 Å². The maximum Gasteiger partial charge on any atom is 0.345 e. The normalized spacial score (nSPS) is 12.5. The fourth-order valence-corrected chi connectivity index (χ4v) is 1.10. The van der Waals surface area contributed by atoms with E-state index in [9.17, 15) is 18.8 Å². The number of carbonyl (C=O) groups excluding carboxylic acids is 3. The predicted octanol–water partition coefficient (Wildman–Crippen LogP) is 0.940. The molecule has 0 aliphatic heterocycles. The molecule has 0 rings (SSSR count). The lowest BCUT2D eigenvalue weighted by Gasteiger charge is -2.10. The van der Waals surface area contributed by atoms with Crippen molar-refractivity contribution >= 4 is 17.9 Å². The summed E-state index contributed by atoms with van der Waals surface area (Å²) in [6.45, 7) is 4.54. The highest BCUT2D eigenvalue weighted by molar-refractivity contribution is 6.02. The summed E-state index contributed by atoms with van der Waals surface area (Å²) in [6.07, 6.45) is -1.79. The van der Waals surface area contributed by atoms with Crippen molar-refractivity contribution in [2.75, 3.05) is 19.8 Å². The second-order valence-corrected chi connectivity index (χ2v) is 3.19. The lowest BCUT2D eigenvalue weighted by molar-refractivity contribution is -0.151. The molecule has 0 amide bonds. The third kappa shape index (κ3) is 5.98. The molecule has 0 bridgehead atoms. The molecular formula is C12H17FO6. The molecule has 0 saturated heterocycles. The van der Waals surface area contributed by atoms with Crippen molar-refractivity contribution in [1.82, 2.24) is 0 Å². The highest BCUT2D eigenvalue weighted by atomic mass is 19.1. The van der Waals surface area contributed by atoms with Crippen LogP contribution in [0, 0.1) is 0 Å². The van der Waals surface area contributed by atoms with Gasteiger partial charge in [-0.15, -0.1) is 0 Å². The molecule has 7 heteroatoms. The third-order valence-electron chi connectivity index (χ3n) is 1.84. The van der Waals surface area contributed by atoms with Crippen LogP contribution in [0.15, 0.2) is 11.6 Å². The highest BCUT2D eigenvalue weighted by Gasteiger charge is 2.30. The molecule has 0 heterocycles. The maximum absolute atomic E-state index is 13.8. The summed E-state index contributed by atoms with van der Waals surface area (Å²) in [4.78, 5) is 33.9. The van der Waals surface area contributed by atoms with E-state index in [1.54, 1.807) is 6.92 Å². The highest BCUT2D eigenvalue weighted by Crippen LogP contribution is 2.12. The molecular weight excluding hydrogens is 259 g/mol. The Kier molecular flexibility index (Phi) is 8.15. The molecule has 0 aromatic carbocycles. The minimum Gasteiger partial charge on any atom is -0.464 e. The monoisotopic (exact) mass is 276 g/mol. The van der Waals surface area contributed by atoms with Gasteiger partial charge in [0.05, 0.1) is 25.4 Å². The first-order chi connectivity index (χ1) is 8.97. The van der Waals surface area contributed by atoms with Gasteiger partial charge in [0.1, 0.15) is 0 Å². The van der Waals surface area contributed by atoms with Crippen LogP contribution in [0.2, 0.25) is 0 Å². The first kappa shape index (κ1) is 17.1. The third-order valence-corrected chi connectivity index (χ3v) is 1.84. The summed E-state index contributed by atoms with van der Waals surface area (Å²) >= 11 is 0. The fraction of sp³-hybridized carbons (Fsp3) is 0.583. The van der Waals surface area contributed by atoms with E-state index in [0.29, 0.717) is 6.08 Å². The summed E-state index contributed by atoms with van der Waals surface area (Å²) in [6, 6.07) is 0. The SMILES string of the molecule is CCOC(=O)C=C(C(=O)OCC)C(F)C(=O)OCC. The number of carbonyl (C=O) groups is 3. The van der Waals surface area contributed by atoms with Gasteiger partial charge >= 0.3 is 17.9 Å². The zero-order chi connectivity index (χ0) is 14.8. The van der Waals surface area contributed by atoms with Crippen LogP contribution in [0.1, 0.15) is 20.8 Å². The van der Waals surface area contributed by atoms with Crippen molar-refractivity contribution in [2.45, 2.75) is 26.9 Å². The number of esters is 3. The molecule has 0 aliphatic rings. The molecule has 0 aliphatic carbocycles. The van der Waals surface area contributed by atoms with Crippen LogP contribution in [0.5, 0.6) is 0 Å². The molecule has 1 unspecified atom stereocenters. The number of ether oxygens (including phenoxy) is 3. The Hall–Kier alpha value is -1.92. The molecule has 0 fully saturated rings. The second kappa shape index (κ2) is 9.07. The lowest BCUT2D eigenvalue weighted by Crippen LogP contribution is -2.27. The van der Waals surface area contributed by atoms with Crippen LogP contribution in [0.25, 0.3) is 0 Å². The van der Waals surface area contributed by atoms with E-state index in [2.05, 4.69) is 14.2 Å². The minimum absolute atomic E-state index is 0.0193. The Morgan fingerprint density at radius 3 is 2.00 bits per heavy atom. The summed E-state index contributed by atoms with van der Waals surface area (Å²) in [5.41, 5.74) is -0.737. The minimum atomic E-state index is -2.39. The smallest absolute Gasteiger partial charge is 0.345 e. The van der Waals surface area contributed by atoms with E-state index in [-0.39, 0.29) is 19.8 Å². The van der Waals surface area contributed by atoms with Crippen molar-refractivity contribution in [2.24, 2.45) is 0 Å². The summed E-state index contributed by atoms with van der Waals surface area (Å²) in [5, 5.41) is 0. The molecule has 0 saturated carbocycles. The fourth-order valence-electron chi connectivity index (χ4n) is 1.10. The van der Waals surface area contributed by atoms with Gasteiger partial charge in [-0.1, -0.05) is 0 Å². The maximum atomic E-state index is 13.8. The zero-order valence-electron chi connectivity index (χ0n) is 11.1. The summed E-state index contributed by atoms with van der Waals surface area (Å²) in [5.74, 6) is -3.29. The Labute approximate surface area is 110 Å². The standard InChI is InChI=1S/C12H17FO6/c1-4-17-9(14)7-8(11(15)18-5-2)10(13)12(16)19-6-3/h7,10H,4-6H2,1-3H3. The van der Waals surface area contributed by atoms with Gasteiger partial charge in [0, 0.05) is 6.08 Å². The average molecular weight is 276 g/mol. The molecule has 0 aromatic heterocycles.